The third-order valence-electron chi connectivity index (χ3n) is 4.13. The number of imidazole rings is 1. The fourth-order valence-corrected chi connectivity index (χ4v) is 2.75. The summed E-state index contributed by atoms with van der Waals surface area (Å²) in [7, 11) is 0. The van der Waals surface area contributed by atoms with Crippen molar-refractivity contribution in [3.63, 3.8) is 0 Å². The lowest BCUT2D eigenvalue weighted by atomic mass is 10.0. The topological polar surface area (TPSA) is 76.0 Å². The van der Waals surface area contributed by atoms with E-state index in [0.717, 1.165) is 11.1 Å². The average molecular weight is 362 g/mol. The van der Waals surface area contributed by atoms with E-state index in [4.69, 9.17) is 0 Å². The molecule has 0 saturated heterocycles. The number of rotatable bonds is 8. The number of hydrogen-bond donors (Lipinski definition) is 2. The Morgan fingerprint density at radius 1 is 0.963 bits per heavy atom. The second kappa shape index (κ2) is 9.33. The molecule has 3 rings (SSSR count). The monoisotopic (exact) mass is 362 g/mol. The van der Waals surface area contributed by atoms with Crippen molar-refractivity contribution in [3.8, 4) is 0 Å². The highest BCUT2D eigenvalue weighted by molar-refractivity contribution is 5.87. The predicted molar refractivity (Wildman–Crippen MR) is 103 cm³/mol. The van der Waals surface area contributed by atoms with E-state index in [1.54, 1.807) is 23.3 Å². The van der Waals surface area contributed by atoms with E-state index >= 15 is 0 Å². The van der Waals surface area contributed by atoms with E-state index in [0.29, 0.717) is 13.0 Å². The van der Waals surface area contributed by atoms with Gasteiger partial charge in [0.2, 0.25) is 11.8 Å². The van der Waals surface area contributed by atoms with E-state index in [-0.39, 0.29) is 18.4 Å². The molecule has 0 aliphatic heterocycles. The molecule has 0 spiro atoms. The zero-order valence-electron chi connectivity index (χ0n) is 14.9. The summed E-state index contributed by atoms with van der Waals surface area (Å²) < 4.78 is 1.66. The van der Waals surface area contributed by atoms with E-state index in [1.165, 1.54) is 0 Å². The van der Waals surface area contributed by atoms with Gasteiger partial charge in [-0.25, -0.2) is 4.98 Å². The van der Waals surface area contributed by atoms with Crippen molar-refractivity contribution in [1.82, 2.24) is 20.2 Å². The van der Waals surface area contributed by atoms with Crippen LogP contribution in [0, 0.1) is 0 Å². The second-order valence-electron chi connectivity index (χ2n) is 6.25. The molecule has 0 fully saturated rings. The highest BCUT2D eigenvalue weighted by Gasteiger charge is 2.21. The van der Waals surface area contributed by atoms with Crippen LogP contribution >= 0.6 is 0 Å². The molecule has 1 aromatic heterocycles. The number of aromatic nitrogens is 2. The molecule has 0 saturated carbocycles. The van der Waals surface area contributed by atoms with Crippen molar-refractivity contribution < 1.29 is 9.59 Å². The van der Waals surface area contributed by atoms with E-state index in [2.05, 4.69) is 15.6 Å². The molecule has 0 bridgehead atoms. The summed E-state index contributed by atoms with van der Waals surface area (Å²) in [6.07, 6.45) is 5.32. The Labute approximate surface area is 158 Å². The second-order valence-corrected chi connectivity index (χ2v) is 6.25. The molecule has 1 unspecified atom stereocenters. The van der Waals surface area contributed by atoms with Crippen molar-refractivity contribution in [2.75, 3.05) is 0 Å². The van der Waals surface area contributed by atoms with Gasteiger partial charge in [-0.15, -0.1) is 0 Å². The van der Waals surface area contributed by atoms with Crippen LogP contribution in [0.25, 0.3) is 0 Å². The summed E-state index contributed by atoms with van der Waals surface area (Å²) in [5.74, 6) is -0.439. The summed E-state index contributed by atoms with van der Waals surface area (Å²) in [5, 5.41) is 5.75. The fraction of sp³-hybridized carbons (Fsp3) is 0.190. The summed E-state index contributed by atoms with van der Waals surface area (Å²) in [6, 6.07) is 18.7. The fourth-order valence-electron chi connectivity index (χ4n) is 2.75. The molecular weight excluding hydrogens is 340 g/mol. The molecule has 2 aromatic carbocycles. The molecule has 0 radical (unpaired) electrons. The lowest BCUT2D eigenvalue weighted by Gasteiger charge is -2.19. The Balaban J connectivity index is 1.64. The molecule has 138 valence electrons. The van der Waals surface area contributed by atoms with Gasteiger partial charge in [0.25, 0.3) is 0 Å². The lowest BCUT2D eigenvalue weighted by molar-refractivity contribution is -0.129. The van der Waals surface area contributed by atoms with Crippen LogP contribution in [0.5, 0.6) is 0 Å². The number of carbonyl (C=O) groups is 2. The molecule has 1 atom stereocenters. The molecule has 0 aliphatic carbocycles. The summed E-state index contributed by atoms with van der Waals surface area (Å²) in [5.41, 5.74) is 1.99. The summed E-state index contributed by atoms with van der Waals surface area (Å²) >= 11 is 0. The van der Waals surface area contributed by atoms with Crippen LogP contribution in [-0.2, 0) is 29.1 Å². The minimum absolute atomic E-state index is 0.122. The van der Waals surface area contributed by atoms with Gasteiger partial charge in [-0.2, -0.15) is 0 Å². The number of amides is 2. The van der Waals surface area contributed by atoms with E-state index < -0.39 is 6.04 Å². The zero-order chi connectivity index (χ0) is 18.9. The van der Waals surface area contributed by atoms with Gasteiger partial charge in [-0.1, -0.05) is 60.7 Å². The quantitative estimate of drug-likeness (QED) is 0.643. The maximum atomic E-state index is 12.7. The number of nitrogens with zero attached hydrogens (tertiary/aromatic N) is 2. The largest absolute Gasteiger partial charge is 0.350 e. The number of benzene rings is 2. The molecule has 2 N–H and O–H groups in total. The van der Waals surface area contributed by atoms with Crippen LogP contribution in [0.1, 0.15) is 11.1 Å². The zero-order valence-corrected chi connectivity index (χ0v) is 14.9. The Morgan fingerprint density at radius 2 is 1.63 bits per heavy atom. The molecule has 0 aliphatic rings. The van der Waals surface area contributed by atoms with Gasteiger partial charge in [0.15, 0.2) is 0 Å². The van der Waals surface area contributed by atoms with Gasteiger partial charge in [-0.3, -0.25) is 9.59 Å². The van der Waals surface area contributed by atoms with Crippen molar-refractivity contribution in [2.24, 2.45) is 0 Å². The lowest BCUT2D eigenvalue weighted by Crippen LogP contribution is -2.48. The predicted octanol–water partition coefficient (Wildman–Crippen LogP) is 1.93. The maximum Gasteiger partial charge on any atom is 0.243 e. The number of hydrogen-bond acceptors (Lipinski definition) is 3. The van der Waals surface area contributed by atoms with Crippen LogP contribution in [0.4, 0.5) is 0 Å². The Kier molecular flexibility index (Phi) is 6.35. The van der Waals surface area contributed by atoms with Gasteiger partial charge < -0.3 is 15.2 Å². The first kappa shape index (κ1) is 18.4. The normalized spacial score (nSPS) is 11.6. The Morgan fingerprint density at radius 3 is 2.26 bits per heavy atom. The van der Waals surface area contributed by atoms with Gasteiger partial charge in [0, 0.05) is 25.4 Å². The van der Waals surface area contributed by atoms with Gasteiger partial charge in [0.05, 0.1) is 6.33 Å². The van der Waals surface area contributed by atoms with Crippen molar-refractivity contribution in [1.29, 1.82) is 0 Å². The van der Waals surface area contributed by atoms with E-state index in [9.17, 15) is 9.59 Å². The molecule has 6 nitrogen and oxygen atoms in total. The van der Waals surface area contributed by atoms with Crippen LogP contribution < -0.4 is 10.6 Å². The smallest absolute Gasteiger partial charge is 0.243 e. The Bertz CT molecular complexity index is 848. The van der Waals surface area contributed by atoms with Crippen LogP contribution in [0.15, 0.2) is 79.4 Å². The SMILES string of the molecule is O=C(Cn1ccnc1)NC(Cc1ccccc1)C(=O)NCc1ccccc1. The Hall–Kier alpha value is -3.41. The molecule has 2 amide bonds. The first-order valence-electron chi connectivity index (χ1n) is 8.81. The van der Waals surface area contributed by atoms with Crippen LogP contribution in [-0.4, -0.2) is 27.4 Å². The van der Waals surface area contributed by atoms with Crippen molar-refractivity contribution in [3.05, 3.63) is 90.5 Å². The highest BCUT2D eigenvalue weighted by atomic mass is 16.2. The minimum atomic E-state index is -0.646. The van der Waals surface area contributed by atoms with Crippen molar-refractivity contribution in [2.45, 2.75) is 25.6 Å². The molecule has 1 heterocycles. The third kappa shape index (κ3) is 5.81. The maximum absolute atomic E-state index is 12.7. The van der Waals surface area contributed by atoms with E-state index in [1.807, 2.05) is 60.7 Å². The standard InChI is InChI=1S/C21H22N4O2/c26-20(15-25-12-11-22-16-25)24-19(13-17-7-3-1-4-8-17)21(27)23-14-18-9-5-2-6-10-18/h1-12,16,19H,13-15H2,(H,23,27)(H,24,26). The molecule has 27 heavy (non-hydrogen) atoms. The summed E-state index contributed by atoms with van der Waals surface area (Å²) in [6.45, 7) is 0.541. The number of nitrogens with one attached hydrogen (secondary N) is 2. The van der Waals surface area contributed by atoms with Gasteiger partial charge in [0.1, 0.15) is 12.6 Å². The van der Waals surface area contributed by atoms with Crippen LogP contribution in [0.2, 0.25) is 0 Å². The molecule has 3 aromatic rings. The molecular formula is C21H22N4O2. The van der Waals surface area contributed by atoms with Gasteiger partial charge >= 0.3 is 0 Å². The highest BCUT2D eigenvalue weighted by Crippen LogP contribution is 2.05. The third-order valence-corrected chi connectivity index (χ3v) is 4.13. The minimum Gasteiger partial charge on any atom is -0.350 e. The van der Waals surface area contributed by atoms with Crippen molar-refractivity contribution >= 4 is 11.8 Å². The van der Waals surface area contributed by atoms with Gasteiger partial charge in [-0.05, 0) is 11.1 Å². The first-order chi connectivity index (χ1) is 13.2. The summed E-state index contributed by atoms with van der Waals surface area (Å²) in [4.78, 5) is 29.0. The molecule has 6 heteroatoms. The average Bonchev–Trinajstić information content (AvgIpc) is 3.20. The first-order valence-corrected chi connectivity index (χ1v) is 8.81. The van der Waals surface area contributed by atoms with Crippen LogP contribution in [0.3, 0.4) is 0 Å². The number of carbonyl (C=O) groups excluding carboxylic acids is 2.